The second-order valence-corrected chi connectivity index (χ2v) is 5.43. The summed E-state index contributed by atoms with van der Waals surface area (Å²) in [5.74, 6) is 0.438. The molecule has 5 nitrogen and oxygen atoms in total. The zero-order valence-corrected chi connectivity index (χ0v) is 13.4. The molecule has 0 bridgehead atoms. The number of fused-ring (bicyclic) bond motifs is 1. The average molecular weight is 322 g/mol. The van der Waals surface area contributed by atoms with Gasteiger partial charge in [0.15, 0.2) is 0 Å². The van der Waals surface area contributed by atoms with E-state index in [0.29, 0.717) is 17.7 Å². The highest BCUT2D eigenvalue weighted by Gasteiger charge is 2.09. The molecule has 0 aliphatic rings. The number of pyridine rings is 1. The minimum atomic E-state index is -0.207. The molecule has 0 unspecified atom stereocenters. The maximum atomic E-state index is 12.5. The first-order valence-corrected chi connectivity index (χ1v) is 7.66. The summed E-state index contributed by atoms with van der Waals surface area (Å²) in [6.07, 6.45) is 1.62. The van der Waals surface area contributed by atoms with Crippen molar-refractivity contribution >= 4 is 16.7 Å². The standard InChI is InChI=1S/C19H18N2O3/c1-24-17-9-5-8-16-15(17)10-11-21(19(16)23)13-18(22)20-12-14-6-3-2-4-7-14/h2-11H,12-13H2,1H3,(H,20,22). The highest BCUT2D eigenvalue weighted by atomic mass is 16.5. The molecule has 2 aromatic carbocycles. The number of nitrogens with one attached hydrogen (secondary N) is 1. The summed E-state index contributed by atoms with van der Waals surface area (Å²) >= 11 is 0. The number of hydrogen-bond donors (Lipinski definition) is 1. The molecule has 0 aliphatic carbocycles. The molecule has 3 aromatic rings. The number of carbonyl (C=O) groups excluding carboxylic acids is 1. The van der Waals surface area contributed by atoms with Crippen molar-refractivity contribution in [2.45, 2.75) is 13.1 Å². The topological polar surface area (TPSA) is 60.3 Å². The van der Waals surface area contributed by atoms with Gasteiger partial charge in [0, 0.05) is 18.1 Å². The van der Waals surface area contributed by atoms with Gasteiger partial charge < -0.3 is 14.6 Å². The van der Waals surface area contributed by atoms with Gasteiger partial charge in [-0.3, -0.25) is 9.59 Å². The largest absolute Gasteiger partial charge is 0.496 e. The van der Waals surface area contributed by atoms with E-state index in [9.17, 15) is 9.59 Å². The summed E-state index contributed by atoms with van der Waals surface area (Å²) in [7, 11) is 1.57. The SMILES string of the molecule is COc1cccc2c(=O)n(CC(=O)NCc3ccccc3)ccc12. The van der Waals surface area contributed by atoms with Crippen LogP contribution in [0.2, 0.25) is 0 Å². The second-order valence-electron chi connectivity index (χ2n) is 5.43. The van der Waals surface area contributed by atoms with Crippen LogP contribution in [-0.2, 0) is 17.9 Å². The number of benzene rings is 2. The van der Waals surface area contributed by atoms with Crippen LogP contribution in [-0.4, -0.2) is 17.6 Å². The van der Waals surface area contributed by atoms with E-state index in [1.165, 1.54) is 4.57 Å². The Morgan fingerprint density at radius 2 is 1.83 bits per heavy atom. The summed E-state index contributed by atoms with van der Waals surface area (Å²) in [5, 5.41) is 4.10. The van der Waals surface area contributed by atoms with Gasteiger partial charge in [-0.2, -0.15) is 0 Å². The van der Waals surface area contributed by atoms with Gasteiger partial charge in [0.25, 0.3) is 5.56 Å². The number of hydrogen-bond acceptors (Lipinski definition) is 3. The van der Waals surface area contributed by atoms with Crippen LogP contribution >= 0.6 is 0 Å². The Balaban J connectivity index is 1.76. The Kier molecular flexibility index (Phi) is 4.61. The molecule has 1 heterocycles. The van der Waals surface area contributed by atoms with Gasteiger partial charge in [0.05, 0.1) is 12.5 Å². The number of amides is 1. The summed E-state index contributed by atoms with van der Waals surface area (Å²) in [6, 6.07) is 16.7. The minimum Gasteiger partial charge on any atom is -0.496 e. The Bertz CT molecular complexity index is 917. The van der Waals surface area contributed by atoms with Crippen molar-refractivity contribution in [1.29, 1.82) is 0 Å². The molecule has 0 saturated carbocycles. The molecular weight excluding hydrogens is 304 g/mol. The molecule has 1 amide bonds. The predicted octanol–water partition coefficient (Wildman–Crippen LogP) is 2.33. The molecule has 0 saturated heterocycles. The number of nitrogens with zero attached hydrogens (tertiary/aromatic N) is 1. The van der Waals surface area contributed by atoms with Gasteiger partial charge in [0.2, 0.25) is 5.91 Å². The van der Waals surface area contributed by atoms with Crippen LogP contribution in [0.15, 0.2) is 65.6 Å². The molecule has 3 rings (SSSR count). The molecule has 24 heavy (non-hydrogen) atoms. The Hall–Kier alpha value is -3.08. The van der Waals surface area contributed by atoms with Gasteiger partial charge in [0.1, 0.15) is 12.3 Å². The number of aromatic nitrogens is 1. The fourth-order valence-electron chi connectivity index (χ4n) is 2.60. The normalized spacial score (nSPS) is 10.5. The van der Waals surface area contributed by atoms with E-state index in [2.05, 4.69) is 5.32 Å². The van der Waals surface area contributed by atoms with Crippen LogP contribution in [0, 0.1) is 0 Å². The lowest BCUT2D eigenvalue weighted by atomic mass is 10.1. The smallest absolute Gasteiger partial charge is 0.259 e. The van der Waals surface area contributed by atoms with E-state index in [0.717, 1.165) is 10.9 Å². The lowest BCUT2D eigenvalue weighted by Gasteiger charge is -2.10. The van der Waals surface area contributed by atoms with E-state index in [1.807, 2.05) is 30.3 Å². The molecule has 1 aromatic heterocycles. The monoisotopic (exact) mass is 322 g/mol. The molecule has 0 radical (unpaired) electrons. The fraction of sp³-hybridized carbons (Fsp3) is 0.158. The third-order valence-corrected chi connectivity index (χ3v) is 3.84. The lowest BCUT2D eigenvalue weighted by Crippen LogP contribution is -2.31. The third-order valence-electron chi connectivity index (χ3n) is 3.84. The zero-order chi connectivity index (χ0) is 16.9. The van der Waals surface area contributed by atoms with E-state index in [1.54, 1.807) is 37.6 Å². The Morgan fingerprint density at radius 3 is 2.58 bits per heavy atom. The fourth-order valence-corrected chi connectivity index (χ4v) is 2.60. The Labute approximate surface area is 139 Å². The van der Waals surface area contributed by atoms with Crippen LogP contribution in [0.5, 0.6) is 5.75 Å². The maximum Gasteiger partial charge on any atom is 0.259 e. The van der Waals surface area contributed by atoms with Crippen LogP contribution < -0.4 is 15.6 Å². The quantitative estimate of drug-likeness (QED) is 0.784. The highest BCUT2D eigenvalue weighted by molar-refractivity contribution is 5.87. The average Bonchev–Trinajstić information content (AvgIpc) is 2.63. The molecule has 122 valence electrons. The van der Waals surface area contributed by atoms with Gasteiger partial charge >= 0.3 is 0 Å². The second kappa shape index (κ2) is 7.00. The molecule has 1 N–H and O–H groups in total. The van der Waals surface area contributed by atoms with E-state index in [4.69, 9.17) is 4.74 Å². The van der Waals surface area contributed by atoms with Crippen molar-refractivity contribution in [3.63, 3.8) is 0 Å². The summed E-state index contributed by atoms with van der Waals surface area (Å²) < 4.78 is 6.67. The zero-order valence-electron chi connectivity index (χ0n) is 13.4. The third kappa shape index (κ3) is 3.30. The first-order chi connectivity index (χ1) is 11.7. The molecule has 5 heteroatoms. The van der Waals surface area contributed by atoms with E-state index in [-0.39, 0.29) is 18.0 Å². The maximum absolute atomic E-state index is 12.5. The minimum absolute atomic E-state index is 0.0151. The van der Waals surface area contributed by atoms with Crippen LogP contribution in [0.1, 0.15) is 5.56 Å². The number of carbonyl (C=O) groups is 1. The summed E-state index contributed by atoms with van der Waals surface area (Å²) in [6.45, 7) is 0.425. The van der Waals surface area contributed by atoms with Crippen molar-refractivity contribution in [2.75, 3.05) is 7.11 Å². The predicted molar refractivity (Wildman–Crippen MR) is 93.0 cm³/mol. The molecule has 0 spiro atoms. The molecule has 0 atom stereocenters. The van der Waals surface area contributed by atoms with Crippen molar-refractivity contribution in [1.82, 2.24) is 9.88 Å². The van der Waals surface area contributed by atoms with E-state index >= 15 is 0 Å². The van der Waals surface area contributed by atoms with Gasteiger partial charge in [-0.1, -0.05) is 36.4 Å². The molecule has 0 fully saturated rings. The van der Waals surface area contributed by atoms with Crippen LogP contribution in [0.4, 0.5) is 0 Å². The van der Waals surface area contributed by atoms with E-state index < -0.39 is 0 Å². The van der Waals surface area contributed by atoms with Gasteiger partial charge in [-0.05, 0) is 23.8 Å². The summed E-state index contributed by atoms with van der Waals surface area (Å²) in [4.78, 5) is 24.6. The first-order valence-electron chi connectivity index (χ1n) is 7.66. The van der Waals surface area contributed by atoms with Gasteiger partial charge in [-0.25, -0.2) is 0 Å². The molecular formula is C19H18N2O3. The number of ether oxygens (including phenoxy) is 1. The van der Waals surface area contributed by atoms with Crippen molar-refractivity contribution < 1.29 is 9.53 Å². The molecule has 0 aliphatic heterocycles. The summed E-state index contributed by atoms with van der Waals surface area (Å²) in [5.41, 5.74) is 0.808. The van der Waals surface area contributed by atoms with Gasteiger partial charge in [-0.15, -0.1) is 0 Å². The van der Waals surface area contributed by atoms with Crippen LogP contribution in [0.25, 0.3) is 10.8 Å². The first kappa shape index (κ1) is 15.8. The van der Waals surface area contributed by atoms with Crippen LogP contribution in [0.3, 0.4) is 0 Å². The van der Waals surface area contributed by atoms with Crippen molar-refractivity contribution in [2.24, 2.45) is 0 Å². The highest BCUT2D eigenvalue weighted by Crippen LogP contribution is 2.22. The number of rotatable bonds is 5. The Morgan fingerprint density at radius 1 is 1.04 bits per heavy atom. The number of methoxy groups -OCH3 is 1. The lowest BCUT2D eigenvalue weighted by molar-refractivity contribution is -0.121. The van der Waals surface area contributed by atoms with Crippen molar-refractivity contribution in [3.05, 3.63) is 76.7 Å². The van der Waals surface area contributed by atoms with Crippen molar-refractivity contribution in [3.8, 4) is 5.75 Å².